The van der Waals surface area contributed by atoms with Crippen LogP contribution in [0.3, 0.4) is 0 Å². The van der Waals surface area contributed by atoms with Crippen LogP contribution in [0.25, 0.3) is 0 Å². The Morgan fingerprint density at radius 1 is 1.09 bits per heavy atom. The molecule has 1 atom stereocenters. The minimum absolute atomic E-state index is 0.0433. The molecule has 126 valence electrons. The average Bonchev–Trinajstić information content (AvgIpc) is 2.79. The van der Waals surface area contributed by atoms with Crippen molar-refractivity contribution in [3.63, 3.8) is 0 Å². The lowest BCUT2D eigenvalue weighted by Crippen LogP contribution is -2.44. The minimum Gasteiger partial charge on any atom is -0.369 e. The summed E-state index contributed by atoms with van der Waals surface area (Å²) in [6.07, 6.45) is 3.30. The summed E-state index contributed by atoms with van der Waals surface area (Å²) in [6, 6.07) is 0. The Bertz CT molecular complexity index is 530. The third-order valence-corrected chi connectivity index (χ3v) is 5.54. The molecule has 0 bridgehead atoms. The van der Waals surface area contributed by atoms with Crippen molar-refractivity contribution in [2.75, 3.05) is 52.1 Å². The number of hydrogen-bond donors (Lipinski definition) is 1. The number of nitrogens with two attached hydrogens (primary N) is 1. The van der Waals surface area contributed by atoms with Gasteiger partial charge in [0, 0.05) is 26.2 Å². The molecule has 0 saturated carbocycles. The van der Waals surface area contributed by atoms with Gasteiger partial charge in [0.2, 0.25) is 21.8 Å². The summed E-state index contributed by atoms with van der Waals surface area (Å²) in [7, 11) is -3.41. The third-order valence-electron chi connectivity index (χ3n) is 4.27. The molecule has 0 aromatic heterocycles. The van der Waals surface area contributed by atoms with E-state index in [2.05, 4.69) is 4.90 Å². The van der Waals surface area contributed by atoms with Crippen LogP contribution in [0, 0.1) is 5.92 Å². The molecule has 8 nitrogen and oxygen atoms in total. The summed E-state index contributed by atoms with van der Waals surface area (Å²) in [5.74, 6) is -1.31. The van der Waals surface area contributed by atoms with Crippen molar-refractivity contribution in [1.29, 1.82) is 0 Å². The molecular weight excluding hydrogens is 308 g/mol. The van der Waals surface area contributed by atoms with E-state index in [1.54, 1.807) is 4.90 Å². The molecule has 2 heterocycles. The molecule has 1 unspecified atom stereocenters. The van der Waals surface area contributed by atoms with Gasteiger partial charge in [-0.25, -0.2) is 8.42 Å². The maximum Gasteiger partial charge on any atom is 0.236 e. The van der Waals surface area contributed by atoms with Gasteiger partial charge in [-0.15, -0.1) is 0 Å². The predicted molar refractivity (Wildman–Crippen MR) is 81.4 cm³/mol. The Hall–Kier alpha value is -1.19. The highest BCUT2D eigenvalue weighted by atomic mass is 32.2. The maximum absolute atomic E-state index is 12.4. The van der Waals surface area contributed by atoms with Crippen molar-refractivity contribution < 1.29 is 18.0 Å². The van der Waals surface area contributed by atoms with E-state index >= 15 is 0 Å². The second-order valence-corrected chi connectivity index (χ2v) is 8.03. The van der Waals surface area contributed by atoms with Crippen molar-refractivity contribution in [2.45, 2.75) is 12.8 Å². The largest absolute Gasteiger partial charge is 0.369 e. The number of primary amides is 1. The van der Waals surface area contributed by atoms with Crippen molar-refractivity contribution in [1.82, 2.24) is 14.1 Å². The van der Waals surface area contributed by atoms with E-state index < -0.39 is 21.8 Å². The third kappa shape index (κ3) is 4.40. The van der Waals surface area contributed by atoms with Crippen LogP contribution in [-0.4, -0.2) is 86.4 Å². The number of nitrogens with zero attached hydrogens (tertiary/aromatic N) is 3. The first-order chi connectivity index (χ1) is 10.3. The molecule has 0 aromatic rings. The van der Waals surface area contributed by atoms with Crippen LogP contribution in [0.15, 0.2) is 0 Å². The van der Waals surface area contributed by atoms with Gasteiger partial charge in [0.25, 0.3) is 0 Å². The fraction of sp³-hybridized carbons (Fsp3) is 0.846. The summed E-state index contributed by atoms with van der Waals surface area (Å²) in [5.41, 5.74) is 5.36. The lowest BCUT2D eigenvalue weighted by Gasteiger charge is -2.25. The zero-order valence-electron chi connectivity index (χ0n) is 12.9. The molecule has 0 radical (unpaired) electrons. The Balaban J connectivity index is 2.05. The van der Waals surface area contributed by atoms with Crippen LogP contribution in [0.5, 0.6) is 0 Å². The van der Waals surface area contributed by atoms with Gasteiger partial charge in [0.1, 0.15) is 0 Å². The summed E-state index contributed by atoms with van der Waals surface area (Å²) in [4.78, 5) is 27.6. The molecular formula is C13H24N4O4S. The predicted octanol–water partition coefficient (Wildman–Crippen LogP) is -1.71. The van der Waals surface area contributed by atoms with E-state index in [4.69, 9.17) is 5.73 Å². The van der Waals surface area contributed by atoms with Gasteiger partial charge in [-0.2, -0.15) is 4.31 Å². The van der Waals surface area contributed by atoms with Crippen LogP contribution in [0.4, 0.5) is 0 Å². The Labute approximate surface area is 131 Å². The van der Waals surface area contributed by atoms with Gasteiger partial charge in [-0.1, -0.05) is 0 Å². The standard InChI is InChI=1S/C13H24N4O4S/c1-22(20,21)17-7-6-16(8-11(9-17)13(14)19)12(18)10-15-4-2-3-5-15/h11H,2-10H2,1H3,(H2,14,19). The molecule has 0 spiro atoms. The number of rotatable bonds is 4. The number of sulfonamides is 1. The molecule has 2 rings (SSSR count). The molecule has 0 aromatic carbocycles. The van der Waals surface area contributed by atoms with Gasteiger partial charge in [0.15, 0.2) is 0 Å². The number of hydrogen-bond acceptors (Lipinski definition) is 5. The molecule has 2 fully saturated rings. The highest BCUT2D eigenvalue weighted by molar-refractivity contribution is 7.88. The van der Waals surface area contributed by atoms with E-state index in [-0.39, 0.29) is 25.5 Å². The first kappa shape index (κ1) is 17.2. The van der Waals surface area contributed by atoms with Crippen molar-refractivity contribution in [3.05, 3.63) is 0 Å². The minimum atomic E-state index is -3.41. The average molecular weight is 332 g/mol. The normalized spacial score (nSPS) is 25.1. The second kappa shape index (κ2) is 6.93. The molecule has 2 N–H and O–H groups in total. The molecule has 2 aliphatic heterocycles. The summed E-state index contributed by atoms with van der Waals surface area (Å²) in [5, 5.41) is 0. The fourth-order valence-electron chi connectivity index (χ4n) is 2.92. The molecule has 0 aliphatic carbocycles. The number of carbonyl (C=O) groups is 2. The first-order valence-corrected chi connectivity index (χ1v) is 9.37. The maximum atomic E-state index is 12.4. The highest BCUT2D eigenvalue weighted by Gasteiger charge is 2.32. The Kier molecular flexibility index (Phi) is 5.41. The van der Waals surface area contributed by atoms with E-state index in [1.165, 1.54) is 4.31 Å². The molecule has 2 aliphatic rings. The van der Waals surface area contributed by atoms with Gasteiger partial charge < -0.3 is 10.6 Å². The van der Waals surface area contributed by atoms with Gasteiger partial charge in [-0.05, 0) is 25.9 Å². The van der Waals surface area contributed by atoms with E-state index in [9.17, 15) is 18.0 Å². The topological polar surface area (TPSA) is 104 Å². The van der Waals surface area contributed by atoms with Crippen molar-refractivity contribution in [3.8, 4) is 0 Å². The zero-order valence-corrected chi connectivity index (χ0v) is 13.7. The van der Waals surface area contributed by atoms with E-state index in [0.717, 1.165) is 32.2 Å². The summed E-state index contributed by atoms with van der Waals surface area (Å²) < 4.78 is 24.7. The van der Waals surface area contributed by atoms with Gasteiger partial charge in [0.05, 0.1) is 18.7 Å². The summed E-state index contributed by atoms with van der Waals surface area (Å²) in [6.45, 7) is 2.88. The Morgan fingerprint density at radius 2 is 1.73 bits per heavy atom. The van der Waals surface area contributed by atoms with E-state index in [0.29, 0.717) is 13.1 Å². The van der Waals surface area contributed by atoms with Crippen LogP contribution in [0.1, 0.15) is 12.8 Å². The molecule has 2 saturated heterocycles. The lowest BCUT2D eigenvalue weighted by molar-refractivity contribution is -0.133. The molecule has 22 heavy (non-hydrogen) atoms. The number of likely N-dealkylation sites (tertiary alicyclic amines) is 1. The van der Waals surface area contributed by atoms with Crippen LogP contribution >= 0.6 is 0 Å². The number of amides is 2. The van der Waals surface area contributed by atoms with E-state index in [1.807, 2.05) is 0 Å². The Morgan fingerprint density at radius 3 is 2.27 bits per heavy atom. The number of carbonyl (C=O) groups excluding carboxylic acids is 2. The van der Waals surface area contributed by atoms with Crippen LogP contribution in [0.2, 0.25) is 0 Å². The first-order valence-electron chi connectivity index (χ1n) is 7.52. The smallest absolute Gasteiger partial charge is 0.236 e. The van der Waals surface area contributed by atoms with Crippen molar-refractivity contribution >= 4 is 21.8 Å². The SMILES string of the molecule is CS(=O)(=O)N1CCN(C(=O)CN2CCCC2)CC(C(N)=O)C1. The van der Waals surface area contributed by atoms with Gasteiger partial charge in [-0.3, -0.25) is 14.5 Å². The van der Waals surface area contributed by atoms with Crippen molar-refractivity contribution in [2.24, 2.45) is 11.7 Å². The lowest BCUT2D eigenvalue weighted by atomic mass is 10.1. The molecule has 9 heteroatoms. The highest BCUT2D eigenvalue weighted by Crippen LogP contribution is 2.14. The summed E-state index contributed by atoms with van der Waals surface area (Å²) >= 11 is 0. The fourth-order valence-corrected chi connectivity index (χ4v) is 3.79. The monoisotopic (exact) mass is 332 g/mol. The molecule has 2 amide bonds. The zero-order chi connectivity index (χ0) is 16.3. The van der Waals surface area contributed by atoms with Crippen LogP contribution in [-0.2, 0) is 19.6 Å². The van der Waals surface area contributed by atoms with Crippen LogP contribution < -0.4 is 5.73 Å². The second-order valence-electron chi connectivity index (χ2n) is 6.04. The van der Waals surface area contributed by atoms with Gasteiger partial charge >= 0.3 is 0 Å². The quantitative estimate of drug-likeness (QED) is 0.660.